The summed E-state index contributed by atoms with van der Waals surface area (Å²) < 4.78 is 49.8. The predicted molar refractivity (Wildman–Crippen MR) is 109 cm³/mol. The van der Waals surface area contributed by atoms with E-state index < -0.39 is 29.8 Å². The van der Waals surface area contributed by atoms with Crippen LogP contribution in [-0.4, -0.2) is 42.4 Å². The van der Waals surface area contributed by atoms with E-state index in [-0.39, 0.29) is 17.9 Å². The lowest BCUT2D eigenvalue weighted by Gasteiger charge is -2.14. The molecule has 30 heavy (non-hydrogen) atoms. The van der Waals surface area contributed by atoms with Crippen LogP contribution in [0.1, 0.15) is 5.01 Å². The van der Waals surface area contributed by atoms with Gasteiger partial charge in [0.15, 0.2) is 0 Å². The second-order valence-corrected chi connectivity index (χ2v) is 10.3. The minimum atomic E-state index is -4.56. The molecule has 0 aliphatic heterocycles. The van der Waals surface area contributed by atoms with Gasteiger partial charge in [0, 0.05) is 6.54 Å². The highest BCUT2D eigenvalue weighted by Gasteiger charge is 2.30. The molecule has 15 heteroatoms. The van der Waals surface area contributed by atoms with Gasteiger partial charge in [-0.25, -0.2) is 32.1 Å². The molecule has 0 radical (unpaired) electrons. The van der Waals surface area contributed by atoms with Crippen LogP contribution < -0.4 is 16.0 Å². The van der Waals surface area contributed by atoms with Crippen molar-refractivity contribution in [3.05, 3.63) is 35.3 Å². The van der Waals surface area contributed by atoms with Gasteiger partial charge in [0.05, 0.1) is 15.8 Å². The smallest absolute Gasteiger partial charge is 0.240 e. The molecule has 12 nitrogen and oxygen atoms in total. The number of benzene rings is 2. The fourth-order valence-electron chi connectivity index (χ4n) is 3.03. The summed E-state index contributed by atoms with van der Waals surface area (Å²) >= 11 is 1.43. The van der Waals surface area contributed by atoms with E-state index in [0.717, 1.165) is 15.8 Å². The summed E-state index contributed by atoms with van der Waals surface area (Å²) in [5.41, 5.74) is 6.98. The lowest BCUT2D eigenvalue weighted by Crippen LogP contribution is -2.22. The molecule has 0 saturated heterocycles. The second-order valence-electron chi connectivity index (χ2n) is 6.14. The summed E-state index contributed by atoms with van der Waals surface area (Å²) in [6, 6.07) is 7.71. The number of nitrogens with one attached hydrogen (secondary N) is 1. The first-order valence-electron chi connectivity index (χ1n) is 8.16. The van der Waals surface area contributed by atoms with Crippen LogP contribution in [0.5, 0.6) is 0 Å². The molecule has 0 aliphatic carbocycles. The first-order chi connectivity index (χ1) is 14.1. The van der Waals surface area contributed by atoms with Gasteiger partial charge in [-0.1, -0.05) is 12.1 Å². The Balaban J connectivity index is 2.11. The molecule has 2 aromatic heterocycles. The van der Waals surface area contributed by atoms with Crippen LogP contribution in [0.2, 0.25) is 0 Å². The first kappa shape index (κ1) is 20.5. The van der Waals surface area contributed by atoms with Gasteiger partial charge in [0.1, 0.15) is 14.8 Å². The van der Waals surface area contributed by atoms with E-state index in [1.54, 1.807) is 18.2 Å². The van der Waals surface area contributed by atoms with Crippen LogP contribution in [0.3, 0.4) is 0 Å². The van der Waals surface area contributed by atoms with Crippen molar-refractivity contribution in [2.24, 2.45) is 16.0 Å². The summed E-state index contributed by atoms with van der Waals surface area (Å²) in [6.07, 6.45) is 0. The number of rotatable bonds is 5. The molecule has 0 spiro atoms. The molecular weight excluding hydrogens is 452 g/mol. The maximum Gasteiger partial charge on any atom is 0.240 e. The maximum atomic E-state index is 12.4. The Labute approximate surface area is 174 Å². The summed E-state index contributed by atoms with van der Waals surface area (Å²) in [7, 11) is -8.99. The first-order valence-corrected chi connectivity index (χ1v) is 12.1. The zero-order valence-electron chi connectivity index (χ0n) is 15.0. The molecule has 0 atom stereocenters. The maximum absolute atomic E-state index is 12.4. The van der Waals surface area contributed by atoms with E-state index in [0.29, 0.717) is 16.6 Å². The zero-order chi connectivity index (χ0) is 21.7. The van der Waals surface area contributed by atoms with E-state index in [1.807, 2.05) is 0 Å². The Hall–Kier alpha value is -2.82. The summed E-state index contributed by atoms with van der Waals surface area (Å²) in [6.45, 7) is 0.279. The van der Waals surface area contributed by atoms with Gasteiger partial charge in [-0.3, -0.25) is 0 Å². The van der Waals surface area contributed by atoms with Gasteiger partial charge >= 0.3 is 0 Å². The monoisotopic (exact) mass is 466 g/mol. The van der Waals surface area contributed by atoms with Crippen molar-refractivity contribution >= 4 is 41.6 Å². The van der Waals surface area contributed by atoms with Gasteiger partial charge in [0.25, 0.3) is 0 Å². The normalized spacial score (nSPS) is 12.5. The van der Waals surface area contributed by atoms with E-state index in [1.165, 1.54) is 17.4 Å². The topological polar surface area (TPSA) is 214 Å². The standard InChI is InChI=1S/C15H14N8O4S3/c16-6-12-19-9-5-7(1-3-10(9)28-12)8-2-4-11(29(17,24)25)14(30(18,26)27)13(8)15-20-22-23-21-15/h1-5H,6,16H2,(H2,17,24,25)(H2,18,26,27)(H,20,21,22,23). The van der Waals surface area contributed by atoms with Gasteiger partial charge in [-0.05, 0) is 34.5 Å². The molecule has 0 saturated carbocycles. The number of sulfonamides is 2. The van der Waals surface area contributed by atoms with E-state index in [4.69, 9.17) is 16.0 Å². The summed E-state index contributed by atoms with van der Waals surface area (Å²) in [4.78, 5) is 3.03. The number of tetrazole rings is 1. The van der Waals surface area contributed by atoms with Crippen LogP contribution in [0.25, 0.3) is 32.7 Å². The van der Waals surface area contributed by atoms with Crippen molar-refractivity contribution in [1.29, 1.82) is 0 Å². The van der Waals surface area contributed by atoms with Crippen molar-refractivity contribution in [2.75, 3.05) is 0 Å². The van der Waals surface area contributed by atoms with E-state index in [2.05, 4.69) is 25.6 Å². The molecule has 2 aromatic carbocycles. The number of aromatic nitrogens is 5. The largest absolute Gasteiger partial charge is 0.325 e. The molecule has 4 aromatic rings. The van der Waals surface area contributed by atoms with Crippen molar-refractivity contribution < 1.29 is 16.8 Å². The van der Waals surface area contributed by atoms with E-state index in [9.17, 15) is 16.8 Å². The molecule has 4 rings (SSSR count). The third-order valence-corrected chi connectivity index (χ3v) is 7.33. The van der Waals surface area contributed by atoms with Gasteiger partial charge in [0.2, 0.25) is 25.9 Å². The zero-order valence-corrected chi connectivity index (χ0v) is 17.4. The minimum absolute atomic E-state index is 0.147. The average Bonchev–Trinajstić information content (AvgIpc) is 3.34. The van der Waals surface area contributed by atoms with Gasteiger partial charge in [-0.15, -0.1) is 21.5 Å². The van der Waals surface area contributed by atoms with Gasteiger partial charge < -0.3 is 5.73 Å². The molecule has 0 unspecified atom stereocenters. The quantitative estimate of drug-likeness (QED) is 0.308. The lowest BCUT2D eigenvalue weighted by molar-refractivity contribution is 0.584. The Kier molecular flexibility index (Phi) is 4.88. The van der Waals surface area contributed by atoms with Crippen LogP contribution in [-0.2, 0) is 26.6 Å². The number of hydrogen-bond acceptors (Lipinski definition) is 10. The highest BCUT2D eigenvalue weighted by atomic mass is 32.2. The van der Waals surface area contributed by atoms with Crippen molar-refractivity contribution in [3.8, 4) is 22.5 Å². The highest BCUT2D eigenvalue weighted by Crippen LogP contribution is 2.39. The van der Waals surface area contributed by atoms with Gasteiger partial charge in [-0.2, -0.15) is 5.21 Å². The number of thiazole rings is 1. The lowest BCUT2D eigenvalue weighted by atomic mass is 9.99. The number of primary sulfonamides is 2. The molecule has 0 fully saturated rings. The molecule has 0 aliphatic rings. The van der Waals surface area contributed by atoms with Crippen LogP contribution in [0.4, 0.5) is 0 Å². The molecule has 0 bridgehead atoms. The van der Waals surface area contributed by atoms with Crippen LogP contribution >= 0.6 is 11.3 Å². The van der Waals surface area contributed by atoms with Crippen molar-refractivity contribution in [2.45, 2.75) is 16.3 Å². The SMILES string of the molecule is NCc1nc2cc(-c3ccc(S(N)(=O)=O)c(S(N)(=O)=O)c3-c3nn[nH]n3)ccc2s1. The molecule has 0 amide bonds. The third kappa shape index (κ3) is 3.57. The highest BCUT2D eigenvalue weighted by molar-refractivity contribution is 7.92. The number of nitrogens with two attached hydrogens (primary N) is 3. The number of nitrogens with zero attached hydrogens (tertiary/aromatic N) is 4. The Morgan fingerprint density at radius 1 is 1.03 bits per heavy atom. The van der Waals surface area contributed by atoms with Crippen molar-refractivity contribution in [1.82, 2.24) is 25.6 Å². The molecule has 156 valence electrons. The number of hydrogen-bond donors (Lipinski definition) is 4. The molecule has 7 N–H and O–H groups in total. The van der Waals surface area contributed by atoms with Crippen LogP contribution in [0, 0.1) is 0 Å². The predicted octanol–water partition coefficient (Wildman–Crippen LogP) is -0.103. The Morgan fingerprint density at radius 2 is 1.80 bits per heavy atom. The van der Waals surface area contributed by atoms with Crippen molar-refractivity contribution in [3.63, 3.8) is 0 Å². The number of H-pyrrole nitrogens is 1. The molecular formula is C15H14N8O4S3. The third-order valence-electron chi connectivity index (χ3n) is 4.20. The van der Waals surface area contributed by atoms with E-state index >= 15 is 0 Å². The number of fused-ring (bicyclic) bond motifs is 1. The Morgan fingerprint density at radius 3 is 2.40 bits per heavy atom. The Bertz CT molecular complexity index is 1480. The average molecular weight is 467 g/mol. The minimum Gasteiger partial charge on any atom is -0.325 e. The fraction of sp³-hybridized carbons (Fsp3) is 0.0667. The fourth-order valence-corrected chi connectivity index (χ4v) is 6.01. The number of aromatic amines is 1. The second kappa shape index (κ2) is 7.15. The summed E-state index contributed by atoms with van der Waals surface area (Å²) in [5.74, 6) is -0.166. The van der Waals surface area contributed by atoms with Crippen LogP contribution in [0.15, 0.2) is 40.1 Å². The summed E-state index contributed by atoms with van der Waals surface area (Å²) in [5, 5.41) is 24.6. The molecule has 2 heterocycles.